The van der Waals surface area contributed by atoms with Crippen molar-refractivity contribution in [1.29, 1.82) is 5.26 Å². The SMILES string of the molecule is CC(C)(C)c1ccc2c(c1)c1cc(C(C)(C)C)ccc1n2-c1cc(-n2c3ccc(C(C)(C)C)cc3c3cc(C(C)(C)C)ccc32)c(-c2ccc3c(c2)n2c4cc(-c5ccccc5)ccc4cc2n3-c2ccccc2)c(C#N)c1-c1ccc2c(c1)-n1c(nc3ccc(-c4ccccc4)cc31)C2c1ccccc1. The van der Waals surface area contributed by atoms with Gasteiger partial charge in [0.05, 0.1) is 78.2 Å². The summed E-state index contributed by atoms with van der Waals surface area (Å²) in [7, 11) is 0. The quantitative estimate of drug-likeness (QED) is 0.152. The molecule has 0 saturated carbocycles. The number of hydrogen-bond acceptors (Lipinski definition) is 2. The largest absolute Gasteiger partial charge is 0.308 e. The Morgan fingerprint density at radius 1 is 0.321 bits per heavy atom. The van der Waals surface area contributed by atoms with E-state index in [1.54, 1.807) is 0 Å². The molecule has 1 unspecified atom stereocenters. The van der Waals surface area contributed by atoms with E-state index in [2.05, 4.69) is 391 Å². The highest BCUT2D eigenvalue weighted by atomic mass is 15.1. The smallest absolute Gasteiger partial charge is 0.126 e. The van der Waals surface area contributed by atoms with E-state index in [9.17, 15) is 5.26 Å². The van der Waals surface area contributed by atoms with Crippen LogP contribution in [0.25, 0.3) is 149 Å². The van der Waals surface area contributed by atoms with Crippen LogP contribution in [-0.2, 0) is 21.7 Å². The predicted molar refractivity (Wildman–Crippen MR) is 444 cm³/mol. The summed E-state index contributed by atoms with van der Waals surface area (Å²) in [6, 6.07) is 107. The van der Waals surface area contributed by atoms with Crippen LogP contribution in [-0.4, -0.2) is 27.7 Å². The topological polar surface area (TPSA) is 60.8 Å². The lowest BCUT2D eigenvalue weighted by molar-refractivity contribution is 0.590. The van der Waals surface area contributed by atoms with E-state index in [-0.39, 0.29) is 27.6 Å². The van der Waals surface area contributed by atoms with Gasteiger partial charge in [0.1, 0.15) is 17.5 Å². The summed E-state index contributed by atoms with van der Waals surface area (Å²) < 4.78 is 12.3. The summed E-state index contributed by atoms with van der Waals surface area (Å²) >= 11 is 0. The number of nitrogens with zero attached hydrogens (tertiary/aromatic N) is 7. The fourth-order valence-electron chi connectivity index (χ4n) is 17.2. The molecule has 0 radical (unpaired) electrons. The zero-order valence-electron chi connectivity index (χ0n) is 62.3. The van der Waals surface area contributed by atoms with E-state index in [0.717, 1.165) is 139 Å². The van der Waals surface area contributed by atoms with Gasteiger partial charge in [-0.15, -0.1) is 0 Å². The van der Waals surface area contributed by atoms with Gasteiger partial charge in [0.15, 0.2) is 0 Å². The summed E-state index contributed by atoms with van der Waals surface area (Å²) in [4.78, 5) is 5.60. The van der Waals surface area contributed by atoms with Gasteiger partial charge in [0.2, 0.25) is 0 Å². The average Bonchev–Trinajstić information content (AvgIpc) is 1.56. The van der Waals surface area contributed by atoms with E-state index in [0.29, 0.717) is 5.56 Å². The normalized spacial score (nSPS) is 13.6. The highest BCUT2D eigenvalue weighted by molar-refractivity contribution is 6.14. The standard InChI is InChI=1S/C99H83N7/c1-96(2,3)68-38-45-80-74(54-68)75-55-69(97(4,5)6)39-46-81(75)103(80)89-58-90(104-82-47-40-70(98(7,8)9)56-76(82)77-57-71(99(10,11)12)41-48-83(77)104)93(67-37-44-84-88(52-67)105-85-49-63(60-25-17-13-18-26-60)33-34-65(85)53-91(105)102(84)72-31-23-16-24-32-72)78(59-100)92(89)66-35-42-73-86(51-66)106-87-50-64(61-27-19-14-20-28-61)36-43-79(87)101-95(106)94(73)62-29-21-15-22-30-62/h13-58,94H,1-12H3. The lowest BCUT2D eigenvalue weighted by Crippen LogP contribution is -2.11. The van der Waals surface area contributed by atoms with Crippen molar-refractivity contribution >= 4 is 82.2 Å². The number of aromatic nitrogens is 6. The highest BCUT2D eigenvalue weighted by Gasteiger charge is 2.37. The van der Waals surface area contributed by atoms with Crippen LogP contribution in [0.15, 0.2) is 279 Å². The van der Waals surface area contributed by atoms with E-state index in [4.69, 9.17) is 4.98 Å². The fourth-order valence-corrected chi connectivity index (χ4v) is 17.2. The first-order valence-electron chi connectivity index (χ1n) is 37.3. The van der Waals surface area contributed by atoms with Crippen LogP contribution in [0, 0.1) is 11.3 Å². The Labute approximate surface area is 619 Å². The van der Waals surface area contributed by atoms with Crippen molar-refractivity contribution in [3.05, 3.63) is 324 Å². The van der Waals surface area contributed by atoms with Crippen molar-refractivity contribution < 1.29 is 0 Å². The van der Waals surface area contributed by atoms with Crippen LogP contribution in [0.3, 0.4) is 0 Å². The van der Waals surface area contributed by atoms with Gasteiger partial charge in [-0.3, -0.25) is 13.5 Å². The number of benzene rings is 13. The summed E-state index contributed by atoms with van der Waals surface area (Å²) in [6.45, 7) is 27.7. The molecule has 0 N–H and O–H groups in total. The van der Waals surface area contributed by atoms with Gasteiger partial charge in [-0.1, -0.05) is 253 Å². The molecule has 1 atom stereocenters. The van der Waals surface area contributed by atoms with E-state index in [1.165, 1.54) is 49.4 Å². The molecule has 18 aromatic rings. The second-order valence-corrected chi connectivity index (χ2v) is 33.6. The molecule has 6 heterocycles. The number of imidazole rings is 2. The summed E-state index contributed by atoms with van der Waals surface area (Å²) in [5.74, 6) is 0.804. The summed E-state index contributed by atoms with van der Waals surface area (Å²) in [5, 5.41) is 19.1. The number of fused-ring (bicyclic) bond motifs is 16. The third kappa shape index (κ3) is 10.1. The van der Waals surface area contributed by atoms with E-state index < -0.39 is 0 Å². The molecule has 0 aliphatic carbocycles. The maximum Gasteiger partial charge on any atom is 0.126 e. The van der Waals surface area contributed by atoms with Crippen molar-refractivity contribution in [1.82, 2.24) is 27.7 Å². The number of rotatable bonds is 8. The molecule has 0 bridgehead atoms. The third-order valence-electron chi connectivity index (χ3n) is 22.8. The molecule has 1 aliphatic rings. The molecular weight excluding hydrogens is 1290 g/mol. The van der Waals surface area contributed by atoms with E-state index in [1.807, 2.05) is 0 Å². The molecule has 514 valence electrons. The minimum atomic E-state index is -0.162. The fraction of sp³-hybridized carbons (Fsp3) is 0.172. The van der Waals surface area contributed by atoms with Gasteiger partial charge in [-0.05, 0) is 198 Å². The average molecular weight is 1370 g/mol. The zero-order valence-corrected chi connectivity index (χ0v) is 62.3. The molecule has 0 saturated heterocycles. The zero-order chi connectivity index (χ0) is 72.6. The first-order valence-corrected chi connectivity index (χ1v) is 37.3. The van der Waals surface area contributed by atoms with Crippen molar-refractivity contribution in [2.45, 2.75) is 111 Å². The molecule has 7 nitrogen and oxygen atoms in total. The predicted octanol–water partition coefficient (Wildman–Crippen LogP) is 25.8. The molecule has 0 amide bonds. The Balaban J connectivity index is 0.997. The molecule has 0 fully saturated rings. The van der Waals surface area contributed by atoms with Gasteiger partial charge in [0, 0.05) is 43.7 Å². The Bertz CT molecular complexity index is 6570. The number of hydrogen-bond donors (Lipinski definition) is 0. The van der Waals surface area contributed by atoms with Crippen LogP contribution < -0.4 is 0 Å². The van der Waals surface area contributed by atoms with Gasteiger partial charge >= 0.3 is 0 Å². The van der Waals surface area contributed by atoms with Crippen LogP contribution >= 0.6 is 0 Å². The van der Waals surface area contributed by atoms with Crippen LogP contribution in [0.4, 0.5) is 0 Å². The molecule has 13 aromatic carbocycles. The minimum absolute atomic E-state index is 0.138. The first-order chi connectivity index (χ1) is 51.0. The maximum atomic E-state index is 13.3. The maximum absolute atomic E-state index is 13.3. The van der Waals surface area contributed by atoms with Crippen LogP contribution in [0.1, 0.15) is 134 Å². The molecule has 19 rings (SSSR count). The Hall–Kier alpha value is -12.2. The van der Waals surface area contributed by atoms with Crippen LogP contribution in [0.2, 0.25) is 0 Å². The molecule has 1 aliphatic heterocycles. The Morgan fingerprint density at radius 2 is 0.745 bits per heavy atom. The van der Waals surface area contributed by atoms with Crippen molar-refractivity contribution in [3.63, 3.8) is 0 Å². The highest BCUT2D eigenvalue weighted by Crippen LogP contribution is 2.52. The summed E-state index contributed by atoms with van der Waals surface area (Å²) in [6.07, 6.45) is 0. The van der Waals surface area contributed by atoms with Crippen molar-refractivity contribution in [3.8, 4) is 73.3 Å². The first kappa shape index (κ1) is 64.6. The molecular formula is C99H83N7. The number of para-hydroxylation sites is 1. The molecule has 106 heavy (non-hydrogen) atoms. The van der Waals surface area contributed by atoms with Crippen molar-refractivity contribution in [2.24, 2.45) is 0 Å². The second kappa shape index (κ2) is 23.4. The molecule has 5 aromatic heterocycles. The lowest BCUT2D eigenvalue weighted by atomic mass is 9.85. The molecule has 7 heteroatoms. The van der Waals surface area contributed by atoms with E-state index >= 15 is 0 Å². The van der Waals surface area contributed by atoms with Gasteiger partial charge in [0.25, 0.3) is 0 Å². The van der Waals surface area contributed by atoms with Crippen molar-refractivity contribution in [2.75, 3.05) is 0 Å². The Kier molecular flexibility index (Phi) is 14.2. The summed E-state index contributed by atoms with van der Waals surface area (Å²) in [5.41, 5.74) is 29.7. The second-order valence-electron chi connectivity index (χ2n) is 33.6. The van der Waals surface area contributed by atoms with Gasteiger partial charge in [-0.2, -0.15) is 5.26 Å². The lowest BCUT2D eigenvalue weighted by Gasteiger charge is -2.24. The third-order valence-corrected chi connectivity index (χ3v) is 22.8. The van der Waals surface area contributed by atoms with Crippen LogP contribution in [0.5, 0.6) is 0 Å². The molecule has 0 spiro atoms. The Morgan fingerprint density at radius 3 is 1.24 bits per heavy atom. The number of nitriles is 1. The monoisotopic (exact) mass is 1370 g/mol. The van der Waals surface area contributed by atoms with Gasteiger partial charge < -0.3 is 9.13 Å². The minimum Gasteiger partial charge on any atom is -0.308 e. The van der Waals surface area contributed by atoms with Gasteiger partial charge in [-0.25, -0.2) is 4.98 Å².